The first-order valence-corrected chi connectivity index (χ1v) is 19.2. The van der Waals surface area contributed by atoms with Crippen LogP contribution >= 0.6 is 0 Å². The SMILES string of the molecule is CC(CCC1OC1C)COC(=O)CCCCC(=O)Oc1ccc(C(C)(C)c2ccc(OC(=O)CCCCC(=O)OCC3CCC4OC4C3)cc2)cc1. The summed E-state index contributed by atoms with van der Waals surface area (Å²) < 4.78 is 32.9. The van der Waals surface area contributed by atoms with E-state index < -0.39 is 0 Å². The molecule has 3 fully saturated rings. The van der Waals surface area contributed by atoms with E-state index >= 15 is 0 Å². The molecule has 0 N–H and O–H groups in total. The van der Waals surface area contributed by atoms with Crippen LogP contribution in [0.4, 0.5) is 0 Å². The van der Waals surface area contributed by atoms with Gasteiger partial charge in [0.2, 0.25) is 0 Å². The molecule has 6 unspecified atom stereocenters. The number of benzene rings is 2. The van der Waals surface area contributed by atoms with Crippen molar-refractivity contribution < 1.29 is 47.6 Å². The molecule has 52 heavy (non-hydrogen) atoms. The Morgan fingerprint density at radius 3 is 1.71 bits per heavy atom. The quantitative estimate of drug-likeness (QED) is 0.0545. The van der Waals surface area contributed by atoms with Gasteiger partial charge in [-0.15, -0.1) is 0 Å². The third-order valence-corrected chi connectivity index (χ3v) is 10.5. The maximum absolute atomic E-state index is 12.4. The average Bonchev–Trinajstić information content (AvgIpc) is 4.06. The van der Waals surface area contributed by atoms with Crippen LogP contribution in [-0.4, -0.2) is 61.5 Å². The molecule has 2 heterocycles. The minimum Gasteiger partial charge on any atom is -0.465 e. The molecule has 1 saturated carbocycles. The predicted molar refractivity (Wildman–Crippen MR) is 194 cm³/mol. The molecular weight excluding hydrogens is 664 g/mol. The number of unbranched alkanes of at least 4 members (excludes halogenated alkanes) is 2. The molecule has 0 spiro atoms. The molecule has 0 aromatic heterocycles. The number of fused-ring (bicyclic) bond motifs is 1. The zero-order valence-corrected chi connectivity index (χ0v) is 31.3. The van der Waals surface area contributed by atoms with E-state index in [2.05, 4.69) is 27.7 Å². The first kappa shape index (κ1) is 39.4. The van der Waals surface area contributed by atoms with Crippen LogP contribution in [0.5, 0.6) is 11.5 Å². The van der Waals surface area contributed by atoms with E-state index in [9.17, 15) is 19.2 Å². The van der Waals surface area contributed by atoms with Crippen LogP contribution in [0.15, 0.2) is 48.5 Å². The largest absolute Gasteiger partial charge is 0.465 e. The van der Waals surface area contributed by atoms with Crippen molar-refractivity contribution in [2.24, 2.45) is 11.8 Å². The monoisotopic (exact) mass is 720 g/mol. The van der Waals surface area contributed by atoms with Crippen LogP contribution in [-0.2, 0) is 43.5 Å². The van der Waals surface area contributed by atoms with Gasteiger partial charge < -0.3 is 28.4 Å². The molecule has 6 atom stereocenters. The topological polar surface area (TPSA) is 130 Å². The summed E-state index contributed by atoms with van der Waals surface area (Å²) in [5, 5.41) is 0. The second-order valence-corrected chi connectivity index (χ2v) is 15.4. The van der Waals surface area contributed by atoms with Gasteiger partial charge in [-0.1, -0.05) is 45.0 Å². The molecule has 1 aliphatic carbocycles. The van der Waals surface area contributed by atoms with Crippen LogP contribution in [0, 0.1) is 11.8 Å². The molecule has 5 rings (SSSR count). The number of epoxide rings is 2. The lowest BCUT2D eigenvalue weighted by molar-refractivity contribution is -0.146. The smallest absolute Gasteiger partial charge is 0.311 e. The summed E-state index contributed by atoms with van der Waals surface area (Å²) in [4.78, 5) is 49.0. The van der Waals surface area contributed by atoms with Gasteiger partial charge in [-0.3, -0.25) is 19.2 Å². The Morgan fingerprint density at radius 2 is 1.21 bits per heavy atom. The highest BCUT2D eigenvalue weighted by molar-refractivity contribution is 5.73. The summed E-state index contributed by atoms with van der Waals surface area (Å²) >= 11 is 0. The molecule has 2 aromatic rings. The van der Waals surface area contributed by atoms with Gasteiger partial charge in [0.1, 0.15) is 11.5 Å². The molecule has 0 radical (unpaired) electrons. The Balaban J connectivity index is 0.931. The van der Waals surface area contributed by atoms with Crippen molar-refractivity contribution in [3.63, 3.8) is 0 Å². The van der Waals surface area contributed by atoms with Gasteiger partial charge in [0, 0.05) is 31.1 Å². The number of carbonyl (C=O) groups is 4. The molecule has 2 aliphatic heterocycles. The van der Waals surface area contributed by atoms with Crippen LogP contribution in [0.25, 0.3) is 0 Å². The maximum atomic E-state index is 12.4. The van der Waals surface area contributed by atoms with Crippen LogP contribution in [0.1, 0.15) is 122 Å². The first-order chi connectivity index (χ1) is 25.0. The molecule has 0 amide bonds. The molecule has 10 heteroatoms. The molecule has 2 aromatic carbocycles. The summed E-state index contributed by atoms with van der Waals surface area (Å²) in [7, 11) is 0. The van der Waals surface area contributed by atoms with E-state index in [4.69, 9.17) is 28.4 Å². The van der Waals surface area contributed by atoms with Crippen molar-refractivity contribution in [3.05, 3.63) is 59.7 Å². The Hall–Kier alpha value is -3.76. The lowest BCUT2D eigenvalue weighted by atomic mass is 9.78. The molecule has 284 valence electrons. The van der Waals surface area contributed by atoms with Crippen LogP contribution in [0.3, 0.4) is 0 Å². The van der Waals surface area contributed by atoms with Gasteiger partial charge in [-0.05, 0) is 112 Å². The van der Waals surface area contributed by atoms with E-state index in [1.54, 1.807) is 24.3 Å². The lowest BCUT2D eigenvalue weighted by Crippen LogP contribution is -2.20. The third kappa shape index (κ3) is 12.7. The normalized spacial score (nSPS) is 22.4. The van der Waals surface area contributed by atoms with Gasteiger partial charge in [-0.25, -0.2) is 0 Å². The van der Waals surface area contributed by atoms with Gasteiger partial charge in [-0.2, -0.15) is 0 Å². The summed E-state index contributed by atoms with van der Waals surface area (Å²) in [6.45, 7) is 9.21. The third-order valence-electron chi connectivity index (χ3n) is 10.5. The number of esters is 4. The highest BCUT2D eigenvalue weighted by atomic mass is 16.6. The van der Waals surface area contributed by atoms with E-state index in [1.807, 2.05) is 24.3 Å². The van der Waals surface area contributed by atoms with E-state index in [0.717, 1.165) is 43.2 Å². The molecule has 0 bridgehead atoms. The summed E-state index contributed by atoms with van der Waals surface area (Å²) in [6.07, 6.45) is 9.87. The molecule has 10 nitrogen and oxygen atoms in total. The Morgan fingerprint density at radius 1 is 0.712 bits per heavy atom. The molecule has 2 saturated heterocycles. The Labute approximate surface area is 308 Å². The van der Waals surface area contributed by atoms with E-state index in [-0.39, 0.29) is 48.6 Å². The minimum atomic E-state index is -0.360. The van der Waals surface area contributed by atoms with Gasteiger partial charge in [0.05, 0.1) is 37.6 Å². The van der Waals surface area contributed by atoms with Crippen molar-refractivity contribution in [1.29, 1.82) is 0 Å². The fourth-order valence-corrected chi connectivity index (χ4v) is 6.78. The zero-order chi connectivity index (χ0) is 37.1. The average molecular weight is 721 g/mol. The number of hydrogen-bond donors (Lipinski definition) is 0. The highest BCUT2D eigenvalue weighted by Gasteiger charge is 2.44. The second-order valence-electron chi connectivity index (χ2n) is 15.4. The maximum Gasteiger partial charge on any atom is 0.311 e. The van der Waals surface area contributed by atoms with Crippen molar-refractivity contribution in [1.82, 2.24) is 0 Å². The van der Waals surface area contributed by atoms with E-state index in [1.165, 1.54) is 0 Å². The number of carbonyl (C=O) groups excluding carboxylic acids is 4. The number of rotatable bonds is 21. The van der Waals surface area contributed by atoms with Crippen LogP contribution < -0.4 is 9.47 Å². The number of hydrogen-bond acceptors (Lipinski definition) is 10. The molecule has 3 aliphatic rings. The Bertz CT molecular complexity index is 1480. The van der Waals surface area contributed by atoms with Crippen molar-refractivity contribution in [2.45, 2.75) is 141 Å². The summed E-state index contributed by atoms with van der Waals surface area (Å²) in [5.74, 6) is 0.516. The predicted octanol–water partition coefficient (Wildman–Crippen LogP) is 7.80. The van der Waals surface area contributed by atoms with Gasteiger partial charge in [0.25, 0.3) is 0 Å². The second kappa shape index (κ2) is 18.8. The number of ether oxygens (including phenoxy) is 6. The van der Waals surface area contributed by atoms with Gasteiger partial charge >= 0.3 is 23.9 Å². The van der Waals surface area contributed by atoms with Crippen molar-refractivity contribution in [2.75, 3.05) is 13.2 Å². The lowest BCUT2D eigenvalue weighted by Gasteiger charge is -2.26. The van der Waals surface area contributed by atoms with Crippen molar-refractivity contribution in [3.8, 4) is 11.5 Å². The summed E-state index contributed by atoms with van der Waals surface area (Å²) in [5.41, 5.74) is 1.70. The first-order valence-electron chi connectivity index (χ1n) is 19.2. The van der Waals surface area contributed by atoms with Crippen LogP contribution in [0.2, 0.25) is 0 Å². The Kier molecular flexibility index (Phi) is 14.3. The van der Waals surface area contributed by atoms with Crippen molar-refractivity contribution >= 4 is 23.9 Å². The molecular formula is C42H56O10. The van der Waals surface area contributed by atoms with E-state index in [0.29, 0.717) is 93.1 Å². The standard InChI is InChI=1S/C42H56O10/c1-28(13-23-35-29(2)49-35)26-47-38(43)9-5-7-11-40(45)50-33-19-15-31(16-20-33)42(3,4)32-17-21-34(22-18-32)51-41(46)12-8-6-10-39(44)48-27-30-14-24-36-37(25-30)52-36/h15-22,28-30,35-37H,5-14,23-27H2,1-4H3. The highest BCUT2D eigenvalue weighted by Crippen LogP contribution is 2.39. The zero-order valence-electron chi connectivity index (χ0n) is 31.3. The van der Waals surface area contributed by atoms with Gasteiger partial charge in [0.15, 0.2) is 0 Å². The fraction of sp³-hybridized carbons (Fsp3) is 0.619. The fourth-order valence-electron chi connectivity index (χ4n) is 6.78. The minimum absolute atomic E-state index is 0.213. The summed E-state index contributed by atoms with van der Waals surface area (Å²) in [6, 6.07) is 14.9.